The van der Waals surface area contributed by atoms with E-state index in [4.69, 9.17) is 5.53 Å². The monoisotopic (exact) mass is 286 g/mol. The van der Waals surface area contributed by atoms with Gasteiger partial charge in [0.2, 0.25) is 5.91 Å². The van der Waals surface area contributed by atoms with Crippen molar-refractivity contribution < 1.29 is 4.79 Å². The van der Waals surface area contributed by atoms with E-state index >= 15 is 0 Å². The van der Waals surface area contributed by atoms with Crippen LogP contribution in [-0.4, -0.2) is 23.9 Å². The van der Waals surface area contributed by atoms with Crippen molar-refractivity contribution in [2.24, 2.45) is 17.0 Å². The normalized spacial score (nSPS) is 21.8. The van der Waals surface area contributed by atoms with Crippen molar-refractivity contribution in [2.45, 2.75) is 32.7 Å². The lowest BCUT2D eigenvalue weighted by Gasteiger charge is -2.41. The predicted molar refractivity (Wildman–Crippen MR) is 82.5 cm³/mol. The summed E-state index contributed by atoms with van der Waals surface area (Å²) in [5.74, 6) is 0.308. The van der Waals surface area contributed by atoms with Crippen LogP contribution in [0.5, 0.6) is 0 Å². The minimum atomic E-state index is -0.241. The van der Waals surface area contributed by atoms with E-state index in [0.717, 1.165) is 31.5 Å². The van der Waals surface area contributed by atoms with Gasteiger partial charge in [0.05, 0.1) is 6.04 Å². The summed E-state index contributed by atoms with van der Waals surface area (Å²) in [7, 11) is 0. The highest BCUT2D eigenvalue weighted by molar-refractivity contribution is 5.80. The fraction of sp³-hybridized carbons (Fsp3) is 0.562. The molecule has 1 unspecified atom stereocenters. The van der Waals surface area contributed by atoms with Gasteiger partial charge in [0.15, 0.2) is 0 Å². The second-order valence-corrected chi connectivity index (χ2v) is 5.42. The zero-order valence-electron chi connectivity index (χ0n) is 12.6. The second-order valence-electron chi connectivity index (χ2n) is 5.42. The standard InChI is InChI=1S/C16H22N4O/c1-3-20(4-2)16(21)14-11-10-13(14)15(18-19-17)12-8-6-5-7-9-12/h5-9,13-15H,3-4,10-11H2,1-2H3/t13-,14+,15?/m0/s1. The molecule has 112 valence electrons. The van der Waals surface area contributed by atoms with E-state index < -0.39 is 0 Å². The third-order valence-corrected chi connectivity index (χ3v) is 4.44. The van der Waals surface area contributed by atoms with Gasteiger partial charge in [0.1, 0.15) is 0 Å². The van der Waals surface area contributed by atoms with Crippen LogP contribution in [0.1, 0.15) is 38.3 Å². The quantitative estimate of drug-likeness (QED) is 0.443. The molecule has 21 heavy (non-hydrogen) atoms. The smallest absolute Gasteiger partial charge is 0.225 e. The highest BCUT2D eigenvalue weighted by Crippen LogP contribution is 2.45. The second kappa shape index (κ2) is 7.14. The summed E-state index contributed by atoms with van der Waals surface area (Å²) in [4.78, 5) is 17.4. The molecular weight excluding hydrogens is 264 g/mol. The molecule has 2 rings (SSSR count). The fourth-order valence-electron chi connectivity index (χ4n) is 3.09. The Morgan fingerprint density at radius 3 is 2.48 bits per heavy atom. The summed E-state index contributed by atoms with van der Waals surface area (Å²) >= 11 is 0. The van der Waals surface area contributed by atoms with Gasteiger partial charge in [0.25, 0.3) is 0 Å². The van der Waals surface area contributed by atoms with Crippen LogP contribution < -0.4 is 0 Å². The van der Waals surface area contributed by atoms with Crippen molar-refractivity contribution in [1.82, 2.24) is 4.90 Å². The Kier molecular flexibility index (Phi) is 5.23. The Morgan fingerprint density at radius 1 is 1.33 bits per heavy atom. The molecule has 1 aromatic rings. The van der Waals surface area contributed by atoms with E-state index in [0.29, 0.717) is 0 Å². The van der Waals surface area contributed by atoms with Gasteiger partial charge in [-0.15, -0.1) is 0 Å². The van der Waals surface area contributed by atoms with Gasteiger partial charge in [-0.3, -0.25) is 4.79 Å². The van der Waals surface area contributed by atoms with Crippen molar-refractivity contribution in [3.63, 3.8) is 0 Å². The van der Waals surface area contributed by atoms with Gasteiger partial charge < -0.3 is 4.90 Å². The Balaban J connectivity index is 2.19. The number of benzene rings is 1. The lowest BCUT2D eigenvalue weighted by molar-refractivity contribution is -0.141. The number of rotatable bonds is 6. The maximum Gasteiger partial charge on any atom is 0.225 e. The third-order valence-electron chi connectivity index (χ3n) is 4.44. The molecule has 3 atom stereocenters. The average molecular weight is 286 g/mol. The first-order valence-corrected chi connectivity index (χ1v) is 7.60. The van der Waals surface area contributed by atoms with Crippen molar-refractivity contribution in [1.29, 1.82) is 0 Å². The molecule has 0 radical (unpaired) electrons. The van der Waals surface area contributed by atoms with Crippen LogP contribution in [0.2, 0.25) is 0 Å². The van der Waals surface area contributed by atoms with Crippen LogP contribution in [0, 0.1) is 11.8 Å². The number of hydrogen-bond donors (Lipinski definition) is 0. The van der Waals surface area contributed by atoms with E-state index in [-0.39, 0.29) is 23.8 Å². The van der Waals surface area contributed by atoms with Gasteiger partial charge >= 0.3 is 0 Å². The third kappa shape index (κ3) is 3.19. The number of nitrogens with zero attached hydrogens (tertiary/aromatic N) is 4. The van der Waals surface area contributed by atoms with E-state index in [2.05, 4.69) is 10.0 Å². The molecule has 0 saturated heterocycles. The molecule has 0 bridgehead atoms. The number of carbonyl (C=O) groups excluding carboxylic acids is 1. The topological polar surface area (TPSA) is 69.1 Å². The van der Waals surface area contributed by atoms with E-state index in [9.17, 15) is 4.79 Å². The Hall–Kier alpha value is -2.00. The summed E-state index contributed by atoms with van der Waals surface area (Å²) < 4.78 is 0. The molecule has 1 aliphatic rings. The van der Waals surface area contributed by atoms with E-state index in [1.54, 1.807) is 0 Å². The minimum Gasteiger partial charge on any atom is -0.343 e. The Labute approximate surface area is 125 Å². The summed E-state index contributed by atoms with van der Waals surface area (Å²) in [5.41, 5.74) is 9.85. The van der Waals surface area contributed by atoms with Gasteiger partial charge in [-0.2, -0.15) is 0 Å². The largest absolute Gasteiger partial charge is 0.343 e. The fourth-order valence-corrected chi connectivity index (χ4v) is 3.09. The number of carbonyl (C=O) groups is 1. The molecule has 1 aliphatic carbocycles. The molecule has 1 amide bonds. The Bertz CT molecular complexity index is 520. The number of amides is 1. The van der Waals surface area contributed by atoms with E-state index in [1.807, 2.05) is 49.1 Å². The van der Waals surface area contributed by atoms with Crippen molar-refractivity contribution in [3.05, 3.63) is 46.3 Å². The number of azide groups is 1. The van der Waals surface area contributed by atoms with E-state index in [1.165, 1.54) is 0 Å². The zero-order chi connectivity index (χ0) is 15.2. The van der Waals surface area contributed by atoms with Crippen LogP contribution in [0.15, 0.2) is 35.4 Å². The van der Waals surface area contributed by atoms with Gasteiger partial charge in [-0.1, -0.05) is 35.4 Å². The molecule has 0 N–H and O–H groups in total. The molecule has 0 heterocycles. The maximum atomic E-state index is 12.5. The highest BCUT2D eigenvalue weighted by atomic mass is 16.2. The highest BCUT2D eigenvalue weighted by Gasteiger charge is 2.42. The van der Waals surface area contributed by atoms with Crippen molar-refractivity contribution in [2.75, 3.05) is 13.1 Å². The van der Waals surface area contributed by atoms with Crippen LogP contribution in [-0.2, 0) is 4.79 Å². The Morgan fingerprint density at radius 2 is 2.00 bits per heavy atom. The molecule has 5 nitrogen and oxygen atoms in total. The van der Waals surface area contributed by atoms with Crippen LogP contribution >= 0.6 is 0 Å². The molecule has 1 saturated carbocycles. The van der Waals surface area contributed by atoms with Gasteiger partial charge in [0, 0.05) is 23.9 Å². The predicted octanol–water partition coefficient (Wildman–Crippen LogP) is 3.93. The van der Waals surface area contributed by atoms with Gasteiger partial charge in [-0.05, 0) is 43.7 Å². The summed E-state index contributed by atoms with van der Waals surface area (Å²) in [5, 5.41) is 3.97. The molecule has 1 fully saturated rings. The van der Waals surface area contributed by atoms with Crippen molar-refractivity contribution >= 4 is 5.91 Å². The summed E-state index contributed by atoms with van der Waals surface area (Å²) in [6, 6.07) is 9.52. The molecular formula is C16H22N4O. The number of hydrogen-bond acceptors (Lipinski definition) is 2. The first-order chi connectivity index (χ1) is 10.2. The molecule has 0 aromatic heterocycles. The first-order valence-electron chi connectivity index (χ1n) is 7.60. The lowest BCUT2D eigenvalue weighted by Crippen LogP contribution is -2.45. The minimum absolute atomic E-state index is 0.0133. The van der Waals surface area contributed by atoms with Crippen LogP contribution in [0.4, 0.5) is 0 Å². The zero-order valence-corrected chi connectivity index (χ0v) is 12.6. The average Bonchev–Trinajstić information content (AvgIpc) is 2.48. The SMILES string of the molecule is CCN(CC)C(=O)[C@@H]1CC[C@@H]1C(N=[N+]=[N-])c1ccccc1. The summed E-state index contributed by atoms with van der Waals surface area (Å²) in [6.45, 7) is 5.46. The van der Waals surface area contributed by atoms with Crippen LogP contribution in [0.3, 0.4) is 0 Å². The van der Waals surface area contributed by atoms with Crippen LogP contribution in [0.25, 0.3) is 10.4 Å². The van der Waals surface area contributed by atoms with Gasteiger partial charge in [-0.25, -0.2) is 0 Å². The molecule has 0 spiro atoms. The molecule has 5 heteroatoms. The van der Waals surface area contributed by atoms with Crippen molar-refractivity contribution in [3.8, 4) is 0 Å². The molecule has 1 aromatic carbocycles. The maximum absolute atomic E-state index is 12.5. The summed E-state index contributed by atoms with van der Waals surface area (Å²) in [6.07, 6.45) is 1.83. The molecule has 0 aliphatic heterocycles. The lowest BCUT2D eigenvalue weighted by atomic mass is 9.67. The first kappa shape index (κ1) is 15.4.